The van der Waals surface area contributed by atoms with Crippen molar-refractivity contribution in [2.45, 2.75) is 52.5 Å². The molecule has 1 N–H and O–H groups in total. The van der Waals surface area contributed by atoms with Crippen LogP contribution in [0.4, 0.5) is 0 Å². The summed E-state index contributed by atoms with van der Waals surface area (Å²) in [5, 5.41) is 4.82. The topological polar surface area (TPSA) is 12.0 Å². The third kappa shape index (κ3) is 3.94. The minimum Gasteiger partial charge on any atom is -0.313 e. The van der Waals surface area contributed by atoms with E-state index in [9.17, 15) is 0 Å². The van der Waals surface area contributed by atoms with Gasteiger partial charge in [-0.3, -0.25) is 0 Å². The molecule has 118 valence electrons. The monoisotopic (exact) mass is 327 g/mol. The second-order valence-electron chi connectivity index (χ2n) is 7.39. The van der Waals surface area contributed by atoms with Crippen molar-refractivity contribution in [3.63, 3.8) is 0 Å². The van der Waals surface area contributed by atoms with E-state index >= 15 is 0 Å². The van der Waals surface area contributed by atoms with Gasteiger partial charge >= 0.3 is 0 Å². The summed E-state index contributed by atoms with van der Waals surface area (Å²) >= 11 is 12.6. The molecule has 1 fully saturated rings. The van der Waals surface area contributed by atoms with Gasteiger partial charge < -0.3 is 5.32 Å². The summed E-state index contributed by atoms with van der Waals surface area (Å²) in [4.78, 5) is 0. The van der Waals surface area contributed by atoms with E-state index in [1.54, 1.807) is 0 Å². The molecule has 1 unspecified atom stereocenters. The van der Waals surface area contributed by atoms with Crippen LogP contribution >= 0.6 is 23.2 Å². The molecule has 21 heavy (non-hydrogen) atoms. The summed E-state index contributed by atoms with van der Waals surface area (Å²) in [7, 11) is 2.03. The molecular formula is C18H27Cl2N. The van der Waals surface area contributed by atoms with Gasteiger partial charge in [0, 0.05) is 6.04 Å². The molecule has 1 atom stereocenters. The second-order valence-corrected chi connectivity index (χ2v) is 8.17. The van der Waals surface area contributed by atoms with Gasteiger partial charge in [-0.2, -0.15) is 0 Å². The molecule has 0 saturated heterocycles. The molecule has 0 bridgehead atoms. The summed E-state index contributed by atoms with van der Waals surface area (Å²) in [6.45, 7) is 7.09. The summed E-state index contributed by atoms with van der Waals surface area (Å²) in [5.41, 5.74) is 1.57. The first-order chi connectivity index (χ1) is 9.84. The van der Waals surface area contributed by atoms with E-state index in [1.165, 1.54) is 25.7 Å². The lowest BCUT2D eigenvalue weighted by molar-refractivity contribution is 0.134. The van der Waals surface area contributed by atoms with Crippen LogP contribution in [0.3, 0.4) is 0 Å². The molecule has 0 spiro atoms. The van der Waals surface area contributed by atoms with Crippen molar-refractivity contribution in [1.82, 2.24) is 5.32 Å². The largest absolute Gasteiger partial charge is 0.313 e. The number of rotatable bonds is 3. The molecule has 0 aromatic heterocycles. The minimum atomic E-state index is 0.303. The van der Waals surface area contributed by atoms with Crippen LogP contribution in [-0.2, 0) is 0 Å². The molecule has 0 radical (unpaired) electrons. The van der Waals surface area contributed by atoms with Gasteiger partial charge in [0.25, 0.3) is 0 Å². The van der Waals surface area contributed by atoms with Gasteiger partial charge in [0.15, 0.2) is 0 Å². The Morgan fingerprint density at radius 2 is 1.71 bits per heavy atom. The molecule has 3 heteroatoms. The molecule has 1 aromatic rings. The van der Waals surface area contributed by atoms with Gasteiger partial charge in [-0.05, 0) is 61.6 Å². The Labute approximate surface area is 139 Å². The van der Waals surface area contributed by atoms with Gasteiger partial charge in [-0.25, -0.2) is 0 Å². The molecule has 0 amide bonds. The van der Waals surface area contributed by atoms with Gasteiger partial charge in [0.2, 0.25) is 0 Å². The smallest absolute Gasteiger partial charge is 0.0640 e. The summed E-state index contributed by atoms with van der Waals surface area (Å²) in [6, 6.07) is 6.26. The number of hydrogen-bond acceptors (Lipinski definition) is 1. The number of benzene rings is 1. The van der Waals surface area contributed by atoms with E-state index in [2.05, 4.69) is 32.2 Å². The SMILES string of the molecule is CNC(c1cccc(Cl)c1Cl)C1CCC(C(C)(C)C)CC1. The van der Waals surface area contributed by atoms with Crippen molar-refractivity contribution in [3.8, 4) is 0 Å². The van der Waals surface area contributed by atoms with Crippen LogP contribution in [0.5, 0.6) is 0 Å². The third-order valence-corrected chi connectivity index (χ3v) is 5.93. The van der Waals surface area contributed by atoms with E-state index < -0.39 is 0 Å². The van der Waals surface area contributed by atoms with E-state index in [1.807, 2.05) is 19.2 Å². The molecule has 1 aromatic carbocycles. The van der Waals surface area contributed by atoms with Crippen molar-refractivity contribution in [2.75, 3.05) is 7.05 Å². The van der Waals surface area contributed by atoms with E-state index in [0.717, 1.165) is 11.5 Å². The van der Waals surface area contributed by atoms with E-state index in [0.29, 0.717) is 27.4 Å². The Hall–Kier alpha value is -0.240. The van der Waals surface area contributed by atoms with Gasteiger partial charge in [0.05, 0.1) is 10.0 Å². The summed E-state index contributed by atoms with van der Waals surface area (Å²) < 4.78 is 0. The van der Waals surface area contributed by atoms with Gasteiger partial charge in [-0.15, -0.1) is 0 Å². The Morgan fingerprint density at radius 1 is 1.10 bits per heavy atom. The highest BCUT2D eigenvalue weighted by Gasteiger charge is 2.33. The first-order valence-electron chi connectivity index (χ1n) is 7.95. The second kappa shape index (κ2) is 6.89. The molecule has 1 nitrogen and oxygen atoms in total. The predicted octanol–water partition coefficient (Wildman–Crippen LogP) is 6.11. The zero-order chi connectivity index (χ0) is 15.6. The average Bonchev–Trinajstić information content (AvgIpc) is 2.44. The fourth-order valence-corrected chi connectivity index (χ4v) is 4.15. The third-order valence-electron chi connectivity index (χ3n) is 5.10. The minimum absolute atomic E-state index is 0.303. The lowest BCUT2D eigenvalue weighted by Gasteiger charge is -2.39. The number of nitrogens with one attached hydrogen (secondary N) is 1. The highest BCUT2D eigenvalue weighted by atomic mass is 35.5. The standard InChI is InChI=1S/C18H27Cl2N/c1-18(2,3)13-10-8-12(9-11-13)17(21-4)14-6-5-7-15(19)16(14)20/h5-7,12-13,17,21H,8-11H2,1-4H3. The van der Waals surface area contributed by atoms with Crippen molar-refractivity contribution in [2.24, 2.45) is 17.3 Å². The number of halogens is 2. The first kappa shape index (κ1) is 17.1. The predicted molar refractivity (Wildman–Crippen MR) is 93.2 cm³/mol. The van der Waals surface area contributed by atoms with Crippen LogP contribution in [0, 0.1) is 17.3 Å². The van der Waals surface area contributed by atoms with Crippen LogP contribution in [0.1, 0.15) is 58.1 Å². The molecule has 0 aliphatic heterocycles. The fraction of sp³-hybridized carbons (Fsp3) is 0.667. The maximum Gasteiger partial charge on any atom is 0.0640 e. The van der Waals surface area contributed by atoms with Crippen LogP contribution in [-0.4, -0.2) is 7.05 Å². The molecular weight excluding hydrogens is 301 g/mol. The van der Waals surface area contributed by atoms with Crippen LogP contribution in [0.15, 0.2) is 18.2 Å². The van der Waals surface area contributed by atoms with Gasteiger partial charge in [-0.1, -0.05) is 56.1 Å². The zero-order valence-electron chi connectivity index (χ0n) is 13.5. The Morgan fingerprint density at radius 3 is 2.24 bits per heavy atom. The molecule has 1 saturated carbocycles. The zero-order valence-corrected chi connectivity index (χ0v) is 15.1. The average molecular weight is 328 g/mol. The highest BCUT2D eigenvalue weighted by molar-refractivity contribution is 6.42. The Bertz CT molecular complexity index is 471. The normalized spacial score (nSPS) is 24.9. The summed E-state index contributed by atoms with van der Waals surface area (Å²) in [5.74, 6) is 1.48. The number of hydrogen-bond donors (Lipinski definition) is 1. The first-order valence-corrected chi connectivity index (χ1v) is 8.71. The lowest BCUT2D eigenvalue weighted by Crippen LogP contribution is -2.32. The van der Waals surface area contributed by atoms with E-state index in [4.69, 9.17) is 23.2 Å². The maximum atomic E-state index is 6.42. The molecule has 0 heterocycles. The van der Waals surface area contributed by atoms with Crippen molar-refractivity contribution in [1.29, 1.82) is 0 Å². The Kier molecular flexibility index (Phi) is 5.62. The van der Waals surface area contributed by atoms with Crippen molar-refractivity contribution < 1.29 is 0 Å². The van der Waals surface area contributed by atoms with E-state index in [-0.39, 0.29) is 0 Å². The van der Waals surface area contributed by atoms with Crippen molar-refractivity contribution >= 4 is 23.2 Å². The van der Waals surface area contributed by atoms with Crippen LogP contribution < -0.4 is 5.32 Å². The fourth-order valence-electron chi connectivity index (χ4n) is 3.72. The van der Waals surface area contributed by atoms with Crippen LogP contribution in [0.2, 0.25) is 10.0 Å². The van der Waals surface area contributed by atoms with Crippen LogP contribution in [0.25, 0.3) is 0 Å². The molecule has 1 aliphatic rings. The highest BCUT2D eigenvalue weighted by Crippen LogP contribution is 2.44. The van der Waals surface area contributed by atoms with Crippen molar-refractivity contribution in [3.05, 3.63) is 33.8 Å². The lowest BCUT2D eigenvalue weighted by atomic mass is 9.68. The molecule has 1 aliphatic carbocycles. The Balaban J connectivity index is 2.12. The molecule has 2 rings (SSSR count). The van der Waals surface area contributed by atoms with Gasteiger partial charge in [0.1, 0.15) is 0 Å². The maximum absolute atomic E-state index is 6.42. The quantitative estimate of drug-likeness (QED) is 0.706. The summed E-state index contributed by atoms with van der Waals surface area (Å²) in [6.07, 6.45) is 5.14.